The van der Waals surface area contributed by atoms with Crippen molar-refractivity contribution in [3.05, 3.63) is 59.7 Å². The van der Waals surface area contributed by atoms with Gasteiger partial charge in [0.25, 0.3) is 0 Å². The Balaban J connectivity index is 1.96. The van der Waals surface area contributed by atoms with Crippen molar-refractivity contribution >= 4 is 29.1 Å². The van der Waals surface area contributed by atoms with Crippen LogP contribution >= 0.6 is 11.8 Å². The van der Waals surface area contributed by atoms with Crippen LogP contribution in [0.5, 0.6) is 0 Å². The van der Waals surface area contributed by atoms with Crippen LogP contribution in [0.25, 0.3) is 0 Å². The van der Waals surface area contributed by atoms with E-state index >= 15 is 0 Å². The number of hydrogen-bond donors (Lipinski definition) is 1. The quantitative estimate of drug-likeness (QED) is 0.672. The fraction of sp³-hybridized carbons (Fsp3) is 0.176. The van der Waals surface area contributed by atoms with Gasteiger partial charge < -0.3 is 5.32 Å². The molecular formula is C17H17NO2S. The summed E-state index contributed by atoms with van der Waals surface area (Å²) < 4.78 is 0. The molecular weight excluding hydrogens is 282 g/mol. The van der Waals surface area contributed by atoms with Crippen molar-refractivity contribution in [2.45, 2.75) is 18.7 Å². The molecule has 2 aromatic carbocycles. The van der Waals surface area contributed by atoms with E-state index in [0.717, 1.165) is 4.90 Å². The highest BCUT2D eigenvalue weighted by Gasteiger charge is 2.09. The minimum atomic E-state index is -0.116. The third-order valence-electron chi connectivity index (χ3n) is 2.97. The van der Waals surface area contributed by atoms with E-state index in [0.29, 0.717) is 17.0 Å². The number of nitrogens with one attached hydrogen (secondary N) is 1. The number of benzene rings is 2. The van der Waals surface area contributed by atoms with Gasteiger partial charge >= 0.3 is 0 Å². The lowest BCUT2D eigenvalue weighted by atomic mass is 10.1. The van der Waals surface area contributed by atoms with Gasteiger partial charge in [0.15, 0.2) is 5.78 Å². The van der Waals surface area contributed by atoms with Gasteiger partial charge in [0.1, 0.15) is 0 Å². The maximum Gasteiger partial charge on any atom is 0.234 e. The lowest BCUT2D eigenvalue weighted by Crippen LogP contribution is -2.16. The SMILES string of the molecule is CC(=O)c1ccccc1NC(=O)CSc1ccc(C)cc1. The maximum atomic E-state index is 12.0. The van der Waals surface area contributed by atoms with Gasteiger partial charge in [-0.15, -0.1) is 11.8 Å². The number of carbonyl (C=O) groups excluding carboxylic acids is 2. The monoisotopic (exact) mass is 299 g/mol. The number of amides is 1. The van der Waals surface area contributed by atoms with Gasteiger partial charge in [-0.05, 0) is 38.1 Å². The Morgan fingerprint density at radius 1 is 1.05 bits per heavy atom. The fourth-order valence-electron chi connectivity index (χ4n) is 1.87. The Morgan fingerprint density at radius 2 is 1.71 bits per heavy atom. The molecule has 0 aliphatic carbocycles. The second-order valence-corrected chi connectivity index (χ2v) is 5.80. The van der Waals surface area contributed by atoms with Crippen LogP contribution < -0.4 is 5.32 Å². The number of para-hydroxylation sites is 1. The Bertz CT molecular complexity index is 650. The third-order valence-corrected chi connectivity index (χ3v) is 3.98. The molecule has 2 aromatic rings. The van der Waals surface area contributed by atoms with E-state index in [1.165, 1.54) is 24.2 Å². The molecule has 0 heterocycles. The molecule has 108 valence electrons. The van der Waals surface area contributed by atoms with Crippen molar-refractivity contribution < 1.29 is 9.59 Å². The van der Waals surface area contributed by atoms with Crippen molar-refractivity contribution in [3.8, 4) is 0 Å². The van der Waals surface area contributed by atoms with E-state index in [2.05, 4.69) is 5.32 Å². The van der Waals surface area contributed by atoms with Crippen LogP contribution in [-0.2, 0) is 4.79 Å². The summed E-state index contributed by atoms with van der Waals surface area (Å²) in [4.78, 5) is 24.5. The van der Waals surface area contributed by atoms with Crippen LogP contribution in [0.1, 0.15) is 22.8 Å². The van der Waals surface area contributed by atoms with Gasteiger partial charge in [-0.25, -0.2) is 0 Å². The summed E-state index contributed by atoms with van der Waals surface area (Å²) in [6, 6.07) is 15.1. The number of anilines is 1. The number of carbonyl (C=O) groups is 2. The second kappa shape index (κ2) is 7.09. The summed E-state index contributed by atoms with van der Waals surface area (Å²) in [5.74, 6) is 0.140. The highest BCUT2D eigenvalue weighted by atomic mass is 32.2. The number of ketones is 1. The topological polar surface area (TPSA) is 46.2 Å². The Labute approximate surface area is 128 Å². The molecule has 3 nitrogen and oxygen atoms in total. The summed E-state index contributed by atoms with van der Waals surface area (Å²) in [7, 11) is 0. The van der Waals surface area contributed by atoms with Crippen molar-refractivity contribution in [2.75, 3.05) is 11.1 Å². The molecule has 0 aliphatic rings. The molecule has 21 heavy (non-hydrogen) atoms. The molecule has 0 radical (unpaired) electrons. The van der Waals surface area contributed by atoms with Crippen LogP contribution in [0.2, 0.25) is 0 Å². The van der Waals surface area contributed by atoms with Gasteiger partial charge in [-0.2, -0.15) is 0 Å². The number of aryl methyl sites for hydroxylation is 1. The fourth-order valence-corrected chi connectivity index (χ4v) is 2.57. The zero-order valence-corrected chi connectivity index (χ0v) is 12.9. The molecule has 0 saturated carbocycles. The first-order chi connectivity index (χ1) is 10.1. The van der Waals surface area contributed by atoms with E-state index in [9.17, 15) is 9.59 Å². The van der Waals surface area contributed by atoms with Crippen molar-refractivity contribution in [1.82, 2.24) is 0 Å². The molecule has 0 aliphatic heterocycles. The Kier molecular flexibility index (Phi) is 5.17. The molecule has 0 atom stereocenters. The second-order valence-electron chi connectivity index (χ2n) is 4.75. The molecule has 2 rings (SSSR count). The summed E-state index contributed by atoms with van der Waals surface area (Å²) >= 11 is 1.47. The van der Waals surface area contributed by atoms with Crippen molar-refractivity contribution in [3.63, 3.8) is 0 Å². The van der Waals surface area contributed by atoms with E-state index in [1.807, 2.05) is 31.2 Å². The van der Waals surface area contributed by atoms with Crippen LogP contribution in [0, 0.1) is 6.92 Å². The number of thioether (sulfide) groups is 1. The van der Waals surface area contributed by atoms with Gasteiger partial charge in [-0.1, -0.05) is 29.8 Å². The van der Waals surface area contributed by atoms with Crippen LogP contribution in [-0.4, -0.2) is 17.4 Å². The lowest BCUT2D eigenvalue weighted by Gasteiger charge is -2.09. The van der Waals surface area contributed by atoms with Crippen LogP contribution in [0.15, 0.2) is 53.4 Å². The van der Waals surface area contributed by atoms with E-state index < -0.39 is 0 Å². The van der Waals surface area contributed by atoms with Gasteiger partial charge in [-0.3, -0.25) is 9.59 Å². The minimum Gasteiger partial charge on any atom is -0.325 e. The number of Topliss-reactive ketones (excluding diaryl/α,β-unsaturated/α-hetero) is 1. The van der Waals surface area contributed by atoms with Crippen LogP contribution in [0.3, 0.4) is 0 Å². The van der Waals surface area contributed by atoms with Gasteiger partial charge in [0.2, 0.25) is 5.91 Å². The largest absolute Gasteiger partial charge is 0.325 e. The Morgan fingerprint density at radius 3 is 2.38 bits per heavy atom. The molecule has 0 fully saturated rings. The summed E-state index contributed by atoms with van der Waals surface area (Å²) in [5, 5.41) is 2.79. The van der Waals surface area contributed by atoms with Gasteiger partial charge in [0.05, 0.1) is 11.4 Å². The first-order valence-electron chi connectivity index (χ1n) is 6.65. The minimum absolute atomic E-state index is 0.0583. The number of hydrogen-bond acceptors (Lipinski definition) is 3. The normalized spacial score (nSPS) is 10.2. The lowest BCUT2D eigenvalue weighted by molar-refractivity contribution is -0.113. The predicted molar refractivity (Wildman–Crippen MR) is 87.0 cm³/mol. The summed E-state index contributed by atoms with van der Waals surface area (Å²) in [6.07, 6.45) is 0. The number of rotatable bonds is 5. The standard InChI is InChI=1S/C17H17NO2S/c1-12-7-9-14(10-8-12)21-11-17(20)18-16-6-4-3-5-15(16)13(2)19/h3-10H,11H2,1-2H3,(H,18,20). The third kappa shape index (κ3) is 4.46. The summed E-state index contributed by atoms with van der Waals surface area (Å²) in [5.41, 5.74) is 2.30. The predicted octanol–water partition coefficient (Wildman–Crippen LogP) is 3.93. The smallest absolute Gasteiger partial charge is 0.234 e. The average molecular weight is 299 g/mol. The summed E-state index contributed by atoms with van der Waals surface area (Å²) in [6.45, 7) is 3.52. The van der Waals surface area contributed by atoms with Crippen LogP contribution in [0.4, 0.5) is 5.69 Å². The Hall–Kier alpha value is -2.07. The molecule has 4 heteroatoms. The van der Waals surface area contributed by atoms with E-state index in [4.69, 9.17) is 0 Å². The molecule has 0 aromatic heterocycles. The maximum absolute atomic E-state index is 12.0. The van der Waals surface area contributed by atoms with Gasteiger partial charge in [0, 0.05) is 10.5 Å². The first-order valence-corrected chi connectivity index (χ1v) is 7.64. The molecule has 1 N–H and O–H groups in total. The molecule has 0 spiro atoms. The average Bonchev–Trinajstić information content (AvgIpc) is 2.47. The van der Waals surface area contributed by atoms with E-state index in [1.54, 1.807) is 24.3 Å². The van der Waals surface area contributed by atoms with Crippen molar-refractivity contribution in [1.29, 1.82) is 0 Å². The van der Waals surface area contributed by atoms with Crippen molar-refractivity contribution in [2.24, 2.45) is 0 Å². The van der Waals surface area contributed by atoms with E-state index in [-0.39, 0.29) is 11.7 Å². The molecule has 1 amide bonds. The zero-order chi connectivity index (χ0) is 15.2. The highest BCUT2D eigenvalue weighted by molar-refractivity contribution is 8.00. The first kappa shape index (κ1) is 15.3. The highest BCUT2D eigenvalue weighted by Crippen LogP contribution is 2.20. The molecule has 0 bridgehead atoms. The molecule has 0 unspecified atom stereocenters. The zero-order valence-electron chi connectivity index (χ0n) is 12.1. The molecule has 0 saturated heterocycles.